The second-order valence-electron chi connectivity index (χ2n) is 8.42. The second-order valence-corrected chi connectivity index (χ2v) is 8.42. The molecule has 0 radical (unpaired) electrons. The fraction of sp³-hybridized carbons (Fsp3) is 0.308. The molecule has 0 saturated carbocycles. The summed E-state index contributed by atoms with van der Waals surface area (Å²) in [4.78, 5) is 19.7. The van der Waals surface area contributed by atoms with Gasteiger partial charge in [0.2, 0.25) is 5.82 Å². The monoisotopic (exact) mass is 447 g/mol. The molecular formula is C26H31N4O3+. The lowest BCUT2D eigenvalue weighted by atomic mass is 9.94. The highest BCUT2D eigenvalue weighted by atomic mass is 16.5. The number of aromatic nitrogens is 2. The Kier molecular flexibility index (Phi) is 6.74. The van der Waals surface area contributed by atoms with Crippen LogP contribution in [0, 0.1) is 0 Å². The number of ether oxygens (including phenoxy) is 2. The van der Waals surface area contributed by atoms with Crippen molar-refractivity contribution in [3.05, 3.63) is 78.5 Å². The molecule has 0 aliphatic carbocycles. The van der Waals surface area contributed by atoms with Gasteiger partial charge in [-0.2, -0.15) is 0 Å². The molecule has 1 atom stereocenters. The molecule has 0 bridgehead atoms. The molecule has 1 unspecified atom stereocenters. The predicted octanol–water partition coefficient (Wildman–Crippen LogP) is 3.66. The first-order valence-electron chi connectivity index (χ1n) is 11.0. The summed E-state index contributed by atoms with van der Waals surface area (Å²) in [6.45, 7) is 2.27. The zero-order valence-electron chi connectivity index (χ0n) is 19.7. The van der Waals surface area contributed by atoms with Gasteiger partial charge in [0, 0.05) is 27.8 Å². The average Bonchev–Trinajstić information content (AvgIpc) is 3.45. The molecule has 4 rings (SSSR count). The normalized spacial score (nSPS) is 17.8. The maximum absolute atomic E-state index is 13.6. The van der Waals surface area contributed by atoms with E-state index in [0.717, 1.165) is 27.7 Å². The van der Waals surface area contributed by atoms with Gasteiger partial charge in [-0.05, 0) is 16.3 Å². The molecule has 0 N–H and O–H groups in total. The van der Waals surface area contributed by atoms with Crippen LogP contribution in [0.4, 0.5) is 5.82 Å². The number of nitrogens with zero attached hydrogens (tertiary/aromatic N) is 4. The number of carbonyl (C=O) groups excluding carboxylic acids is 1. The van der Waals surface area contributed by atoms with E-state index in [1.54, 1.807) is 19.1 Å². The number of likely N-dealkylation sites (N-methyl/N-ethyl adjacent to an activating group) is 1. The molecule has 3 aromatic rings. The van der Waals surface area contributed by atoms with Crippen molar-refractivity contribution in [2.45, 2.75) is 6.54 Å². The first-order chi connectivity index (χ1) is 16.0. The van der Waals surface area contributed by atoms with Gasteiger partial charge in [0.15, 0.2) is 0 Å². The number of benzene rings is 2. The van der Waals surface area contributed by atoms with Gasteiger partial charge < -0.3 is 14.4 Å². The molecule has 1 aliphatic heterocycles. The molecule has 0 spiro atoms. The lowest BCUT2D eigenvalue weighted by Crippen LogP contribution is -2.34. The predicted molar refractivity (Wildman–Crippen MR) is 131 cm³/mol. The van der Waals surface area contributed by atoms with Gasteiger partial charge in [0.05, 0.1) is 38.7 Å². The molecule has 0 saturated heterocycles. The molecule has 1 aromatic heterocycles. The third-order valence-corrected chi connectivity index (χ3v) is 6.09. The van der Waals surface area contributed by atoms with Crippen LogP contribution in [0.2, 0.25) is 0 Å². The molecule has 1 amide bonds. The lowest BCUT2D eigenvalue weighted by Gasteiger charge is -2.23. The molecule has 172 valence electrons. The number of rotatable bonds is 9. The van der Waals surface area contributed by atoms with E-state index in [0.29, 0.717) is 36.4 Å². The number of amides is 1. The zero-order valence-corrected chi connectivity index (χ0v) is 19.7. The summed E-state index contributed by atoms with van der Waals surface area (Å²) < 4.78 is 12.9. The van der Waals surface area contributed by atoms with Gasteiger partial charge in [-0.1, -0.05) is 42.5 Å². The van der Waals surface area contributed by atoms with Crippen LogP contribution in [0.1, 0.15) is 5.56 Å². The van der Waals surface area contributed by atoms with Crippen LogP contribution < -0.4 is 4.48 Å². The van der Waals surface area contributed by atoms with Gasteiger partial charge in [0.25, 0.3) is 5.91 Å². The van der Waals surface area contributed by atoms with Crippen LogP contribution in [0.3, 0.4) is 0 Å². The van der Waals surface area contributed by atoms with Crippen LogP contribution >= 0.6 is 0 Å². The smallest absolute Gasteiger partial charge is 0.259 e. The van der Waals surface area contributed by atoms with Crippen molar-refractivity contribution in [1.82, 2.24) is 18.9 Å². The molecule has 0 fully saturated rings. The first kappa shape index (κ1) is 22.9. The molecule has 1 aliphatic rings. The summed E-state index contributed by atoms with van der Waals surface area (Å²) in [6, 6.07) is 14.5. The molecule has 2 heterocycles. The standard InChI is InChI=1S/C26H31N4O3/c1-28(12-14-32-3)26(31)24-18-30(2,25-16-27-19-29(25)13-15-33-4)17-23(24)22-11-7-9-20-8-5-6-10-21(20)22/h5-11,16-19H,12-15H2,1-4H3/q+1. The summed E-state index contributed by atoms with van der Waals surface area (Å²) in [5, 5.41) is 2.26. The van der Waals surface area contributed by atoms with Gasteiger partial charge in [-0.15, -0.1) is 0 Å². The van der Waals surface area contributed by atoms with Crippen LogP contribution in [-0.2, 0) is 20.8 Å². The third kappa shape index (κ3) is 4.48. The quantitative estimate of drug-likeness (QED) is 0.470. The molecular weight excluding hydrogens is 416 g/mol. The van der Waals surface area contributed by atoms with E-state index in [4.69, 9.17) is 9.47 Å². The second kappa shape index (κ2) is 9.70. The van der Waals surface area contributed by atoms with Crippen molar-refractivity contribution >= 4 is 28.1 Å². The van der Waals surface area contributed by atoms with E-state index in [9.17, 15) is 4.79 Å². The number of hydrogen-bond acceptors (Lipinski definition) is 4. The fourth-order valence-corrected chi connectivity index (χ4v) is 4.30. The SMILES string of the molecule is COCCN(C)C(=O)C1=C[N+](C)(c2cncn2CCOC)C=C1c1cccc2ccccc12. The number of hydrogen-bond donors (Lipinski definition) is 0. The summed E-state index contributed by atoms with van der Waals surface area (Å²) in [7, 11) is 7.22. The Labute approximate surface area is 194 Å². The van der Waals surface area contributed by atoms with Gasteiger partial charge in [-0.3, -0.25) is 9.36 Å². The van der Waals surface area contributed by atoms with E-state index >= 15 is 0 Å². The topological polar surface area (TPSA) is 56.6 Å². The van der Waals surface area contributed by atoms with Crippen LogP contribution in [0.5, 0.6) is 0 Å². The van der Waals surface area contributed by atoms with Crippen molar-refractivity contribution in [1.29, 1.82) is 0 Å². The highest BCUT2D eigenvalue weighted by molar-refractivity contribution is 6.13. The Morgan fingerprint density at radius 2 is 1.82 bits per heavy atom. The van der Waals surface area contributed by atoms with Crippen molar-refractivity contribution < 1.29 is 14.3 Å². The molecule has 33 heavy (non-hydrogen) atoms. The number of carbonyl (C=O) groups is 1. The van der Waals surface area contributed by atoms with Gasteiger partial charge in [0.1, 0.15) is 24.2 Å². The zero-order chi connectivity index (χ0) is 23.4. The minimum atomic E-state index is -0.0314. The third-order valence-electron chi connectivity index (χ3n) is 6.09. The number of quaternary nitrogens is 1. The van der Waals surface area contributed by atoms with E-state index < -0.39 is 0 Å². The Bertz CT molecular complexity index is 1210. The van der Waals surface area contributed by atoms with Crippen LogP contribution in [0.15, 0.2) is 73.0 Å². The molecule has 2 aromatic carbocycles. The molecule has 7 heteroatoms. The maximum Gasteiger partial charge on any atom is 0.259 e. The summed E-state index contributed by atoms with van der Waals surface area (Å²) in [5.74, 6) is 0.933. The van der Waals surface area contributed by atoms with Crippen LogP contribution in [-0.4, -0.2) is 68.4 Å². The Hall–Kier alpha value is -3.26. The first-order valence-corrected chi connectivity index (χ1v) is 11.0. The Morgan fingerprint density at radius 3 is 2.61 bits per heavy atom. The maximum atomic E-state index is 13.6. The summed E-state index contributed by atoms with van der Waals surface area (Å²) in [6.07, 6.45) is 7.82. The van der Waals surface area contributed by atoms with Gasteiger partial charge >= 0.3 is 0 Å². The summed E-state index contributed by atoms with van der Waals surface area (Å²) >= 11 is 0. The average molecular weight is 448 g/mol. The fourth-order valence-electron chi connectivity index (χ4n) is 4.30. The highest BCUT2D eigenvalue weighted by Gasteiger charge is 2.38. The van der Waals surface area contributed by atoms with Crippen molar-refractivity contribution in [2.24, 2.45) is 0 Å². The Balaban J connectivity index is 1.84. The number of methoxy groups -OCH3 is 2. The van der Waals surface area contributed by atoms with Crippen LogP contribution in [0.25, 0.3) is 16.3 Å². The highest BCUT2D eigenvalue weighted by Crippen LogP contribution is 2.39. The largest absolute Gasteiger partial charge is 0.383 e. The number of imidazole rings is 1. The van der Waals surface area contributed by atoms with Crippen molar-refractivity contribution in [3.63, 3.8) is 0 Å². The lowest BCUT2D eigenvalue weighted by molar-refractivity contribution is -0.126. The van der Waals surface area contributed by atoms with Gasteiger partial charge in [-0.25, -0.2) is 9.47 Å². The van der Waals surface area contributed by atoms with E-state index in [1.807, 2.05) is 44.0 Å². The summed E-state index contributed by atoms with van der Waals surface area (Å²) in [5.41, 5.74) is 2.63. The van der Waals surface area contributed by atoms with Crippen molar-refractivity contribution in [2.75, 3.05) is 48.1 Å². The number of fused-ring (bicyclic) bond motifs is 1. The molecule has 7 nitrogen and oxygen atoms in total. The van der Waals surface area contributed by atoms with E-state index in [1.165, 1.54) is 0 Å². The minimum absolute atomic E-state index is 0.0314. The van der Waals surface area contributed by atoms with E-state index in [-0.39, 0.29) is 5.91 Å². The van der Waals surface area contributed by atoms with E-state index in [2.05, 4.69) is 47.1 Å². The van der Waals surface area contributed by atoms with Crippen molar-refractivity contribution in [3.8, 4) is 0 Å². The Morgan fingerprint density at radius 1 is 1.06 bits per heavy atom. The minimum Gasteiger partial charge on any atom is -0.383 e.